The van der Waals surface area contributed by atoms with Crippen LogP contribution in [0, 0.1) is 5.92 Å². The van der Waals surface area contributed by atoms with Gasteiger partial charge in [-0.2, -0.15) is 0 Å². The molecule has 0 aromatic rings. The number of rotatable bonds is 22. The van der Waals surface area contributed by atoms with Gasteiger partial charge in [-0.1, -0.05) is 13.8 Å². The zero-order valence-electron chi connectivity index (χ0n) is 34.3. The Balaban J connectivity index is 1.91. The third kappa shape index (κ3) is 19.0. The number of carboxylic acid groups (broad SMARTS) is 4. The van der Waals surface area contributed by atoms with Crippen LogP contribution >= 0.6 is 0 Å². The van der Waals surface area contributed by atoms with Crippen molar-refractivity contribution >= 4 is 54.6 Å². The van der Waals surface area contributed by atoms with E-state index in [1.54, 1.807) is 33.4 Å². The number of carbonyl (C=O) groups excluding carboxylic acids is 4. The van der Waals surface area contributed by atoms with Gasteiger partial charge in [-0.15, -0.1) is 0 Å². The van der Waals surface area contributed by atoms with Gasteiger partial charge >= 0.3 is 31.0 Å². The molecule has 0 aromatic carbocycles. The molecule has 2 fully saturated rings. The van der Waals surface area contributed by atoms with Crippen molar-refractivity contribution in [3.05, 3.63) is 0 Å². The number of nitrogens with zero attached hydrogens (tertiary/aromatic N) is 5. The lowest BCUT2D eigenvalue weighted by molar-refractivity contribution is -0.145. The standard InChI is InChI=1S/C36H63BN8O14/c1-24(2)33(34(54)39-25(3)35(55)45-12-6-7-27(45)37(58)59)40-29(47)8-4-5-11-38-28(46)10-9-26(36(56)57)44-19-17-42(22-31(50)51)15-13-41(21-30(48)49)14-16-43(18-20-44)23-32(52)53/h24-27,33,58-59H,4-23H2,1-3H3,(H,38,46)(H,39,54)(H,40,47)(H,48,49)(H,50,51)(H,52,53)(H,56,57)/t25-,26?,27+,33+/m1/s1. The average molecular weight is 843 g/mol. The summed E-state index contributed by atoms with van der Waals surface area (Å²) in [7, 11) is -1.69. The van der Waals surface area contributed by atoms with E-state index in [-0.39, 0.29) is 104 Å². The summed E-state index contributed by atoms with van der Waals surface area (Å²) in [5, 5.41) is 65.7. The molecule has 59 heavy (non-hydrogen) atoms. The van der Waals surface area contributed by atoms with Gasteiger partial charge in [0.05, 0.1) is 25.6 Å². The Morgan fingerprint density at radius 2 is 1.17 bits per heavy atom. The lowest BCUT2D eigenvalue weighted by Gasteiger charge is -2.35. The molecule has 4 atom stereocenters. The van der Waals surface area contributed by atoms with E-state index >= 15 is 0 Å². The van der Waals surface area contributed by atoms with Crippen LogP contribution < -0.4 is 16.0 Å². The van der Waals surface area contributed by atoms with Crippen LogP contribution in [0.15, 0.2) is 0 Å². The molecule has 23 heteroatoms. The molecule has 1 unspecified atom stereocenters. The zero-order valence-corrected chi connectivity index (χ0v) is 34.3. The second-order valence-corrected chi connectivity index (χ2v) is 15.4. The minimum atomic E-state index is -1.69. The van der Waals surface area contributed by atoms with Crippen molar-refractivity contribution in [2.24, 2.45) is 5.92 Å². The molecule has 0 radical (unpaired) electrons. The van der Waals surface area contributed by atoms with Crippen LogP contribution in [-0.4, -0.2) is 219 Å². The van der Waals surface area contributed by atoms with E-state index in [1.807, 2.05) is 0 Å². The number of carboxylic acids is 4. The smallest absolute Gasteiger partial charge is 0.475 e. The van der Waals surface area contributed by atoms with Crippen molar-refractivity contribution in [1.29, 1.82) is 0 Å². The van der Waals surface area contributed by atoms with Crippen LogP contribution in [0.25, 0.3) is 0 Å². The Morgan fingerprint density at radius 1 is 0.661 bits per heavy atom. The highest BCUT2D eigenvalue weighted by Crippen LogP contribution is 2.19. The molecular formula is C36H63BN8O14. The number of nitrogens with one attached hydrogen (secondary N) is 3. The SMILES string of the molecule is CC(C)[C@H](NC(=O)CCCCNC(=O)CCC(C(=O)O)N1CCN(CC(=O)O)CCN(CC(=O)O)CCN(CC(=O)O)CC1)C(=O)N[C@H](C)C(=O)N1CCC[C@H]1B(O)O. The van der Waals surface area contributed by atoms with Crippen molar-refractivity contribution in [1.82, 2.24) is 40.4 Å². The molecule has 2 aliphatic heterocycles. The molecule has 0 saturated carbocycles. The minimum Gasteiger partial charge on any atom is -0.480 e. The lowest BCUT2D eigenvalue weighted by atomic mass is 9.78. The largest absolute Gasteiger partial charge is 0.480 e. The molecule has 2 rings (SSSR count). The van der Waals surface area contributed by atoms with E-state index in [1.165, 1.54) is 11.8 Å². The van der Waals surface area contributed by atoms with Gasteiger partial charge in [0.2, 0.25) is 23.6 Å². The summed E-state index contributed by atoms with van der Waals surface area (Å²) >= 11 is 0. The highest BCUT2D eigenvalue weighted by atomic mass is 16.4. The monoisotopic (exact) mass is 842 g/mol. The van der Waals surface area contributed by atoms with E-state index in [0.29, 0.717) is 32.2 Å². The maximum absolute atomic E-state index is 13.1. The van der Waals surface area contributed by atoms with Gasteiger partial charge in [0, 0.05) is 78.3 Å². The first-order chi connectivity index (χ1) is 27.8. The number of carbonyl (C=O) groups is 8. The Kier molecular flexibility index (Phi) is 22.3. The highest BCUT2D eigenvalue weighted by molar-refractivity contribution is 6.43. The molecule has 0 bridgehead atoms. The minimum absolute atomic E-state index is 0.0378. The molecule has 4 amide bonds. The summed E-state index contributed by atoms with van der Waals surface area (Å²) < 4.78 is 0. The molecule has 22 nitrogen and oxygen atoms in total. The highest BCUT2D eigenvalue weighted by Gasteiger charge is 2.39. The fourth-order valence-corrected chi connectivity index (χ4v) is 7.14. The van der Waals surface area contributed by atoms with Crippen molar-refractivity contribution in [2.45, 2.75) is 89.8 Å². The Hall–Kier alpha value is -4.42. The number of amides is 4. The number of aliphatic carboxylic acids is 4. The van der Waals surface area contributed by atoms with Gasteiger partial charge in [0.1, 0.15) is 18.1 Å². The fraction of sp³-hybridized carbons (Fsp3) is 0.778. The van der Waals surface area contributed by atoms with Crippen molar-refractivity contribution < 1.29 is 68.8 Å². The molecule has 0 aliphatic carbocycles. The second kappa shape index (κ2) is 25.9. The van der Waals surface area contributed by atoms with Crippen LogP contribution in [0.2, 0.25) is 0 Å². The van der Waals surface area contributed by atoms with Crippen LogP contribution in [-0.2, 0) is 38.4 Å². The van der Waals surface area contributed by atoms with E-state index in [2.05, 4.69) is 16.0 Å². The number of hydrogen-bond acceptors (Lipinski definition) is 14. The first-order valence-corrected chi connectivity index (χ1v) is 20.1. The second-order valence-electron chi connectivity index (χ2n) is 15.4. The Morgan fingerprint density at radius 3 is 1.63 bits per heavy atom. The quantitative estimate of drug-likeness (QED) is 0.0380. The normalized spacial score (nSPS) is 19.4. The summed E-state index contributed by atoms with van der Waals surface area (Å²) in [5.74, 6) is -7.47. The van der Waals surface area contributed by atoms with Gasteiger partial charge in [0.15, 0.2) is 0 Å². The maximum atomic E-state index is 13.1. The fourth-order valence-electron chi connectivity index (χ4n) is 7.14. The molecule has 2 heterocycles. The maximum Gasteiger partial charge on any atom is 0.475 e. The molecule has 334 valence electrons. The molecular weight excluding hydrogens is 779 g/mol. The average Bonchev–Trinajstić information content (AvgIpc) is 3.64. The zero-order chi connectivity index (χ0) is 44.2. The Bertz CT molecular complexity index is 1410. The van der Waals surface area contributed by atoms with Gasteiger partial charge in [-0.3, -0.25) is 58.0 Å². The molecule has 0 aromatic heterocycles. The topological polar surface area (TPSA) is 310 Å². The summed E-state index contributed by atoms with van der Waals surface area (Å²) in [6.45, 7) is 5.55. The van der Waals surface area contributed by atoms with E-state index < -0.39 is 78.7 Å². The van der Waals surface area contributed by atoms with Crippen LogP contribution in [0.1, 0.15) is 65.7 Å². The van der Waals surface area contributed by atoms with E-state index in [4.69, 9.17) is 0 Å². The van der Waals surface area contributed by atoms with Crippen LogP contribution in [0.3, 0.4) is 0 Å². The molecule has 0 spiro atoms. The van der Waals surface area contributed by atoms with Crippen LogP contribution in [0.4, 0.5) is 0 Å². The van der Waals surface area contributed by atoms with Crippen molar-refractivity contribution in [3.8, 4) is 0 Å². The first kappa shape index (κ1) is 50.7. The summed E-state index contributed by atoms with van der Waals surface area (Å²) in [5.41, 5.74) is 0. The molecule has 9 N–H and O–H groups in total. The number of unbranched alkanes of at least 4 members (excludes halogenated alkanes) is 1. The van der Waals surface area contributed by atoms with Gasteiger partial charge < -0.3 is 51.3 Å². The van der Waals surface area contributed by atoms with E-state index in [0.717, 1.165) is 0 Å². The summed E-state index contributed by atoms with van der Waals surface area (Å²) in [6.07, 6.45) is 1.55. The van der Waals surface area contributed by atoms with Crippen molar-refractivity contribution in [3.63, 3.8) is 0 Å². The molecule has 2 saturated heterocycles. The first-order valence-electron chi connectivity index (χ1n) is 20.1. The van der Waals surface area contributed by atoms with Crippen molar-refractivity contribution in [2.75, 3.05) is 85.1 Å². The predicted molar refractivity (Wildman–Crippen MR) is 211 cm³/mol. The molecule has 2 aliphatic rings. The number of likely N-dealkylation sites (tertiary alicyclic amines) is 1. The predicted octanol–water partition coefficient (Wildman–Crippen LogP) is -3.37. The van der Waals surface area contributed by atoms with Crippen LogP contribution in [0.5, 0.6) is 0 Å². The van der Waals surface area contributed by atoms with Gasteiger partial charge in [-0.25, -0.2) is 0 Å². The summed E-state index contributed by atoms with van der Waals surface area (Å²) in [6, 6.07) is -3.06. The van der Waals surface area contributed by atoms with Gasteiger partial charge in [-0.05, 0) is 44.9 Å². The number of hydrogen-bond donors (Lipinski definition) is 9. The Labute approximate surface area is 344 Å². The van der Waals surface area contributed by atoms with E-state index in [9.17, 15) is 68.8 Å². The van der Waals surface area contributed by atoms with Gasteiger partial charge in [0.25, 0.3) is 0 Å². The lowest BCUT2D eigenvalue weighted by Crippen LogP contribution is -2.56. The third-order valence-electron chi connectivity index (χ3n) is 10.4. The third-order valence-corrected chi connectivity index (χ3v) is 10.4. The summed E-state index contributed by atoms with van der Waals surface area (Å²) in [4.78, 5) is 106.